The number of hydrogen-bond acceptors (Lipinski definition) is 5. The summed E-state index contributed by atoms with van der Waals surface area (Å²) in [5, 5.41) is 3.32. The zero-order valence-electron chi connectivity index (χ0n) is 17.5. The van der Waals surface area contributed by atoms with Gasteiger partial charge in [0.1, 0.15) is 5.75 Å². The van der Waals surface area contributed by atoms with E-state index in [-0.39, 0.29) is 18.3 Å². The van der Waals surface area contributed by atoms with E-state index in [1.807, 2.05) is 73.6 Å². The first-order chi connectivity index (χ1) is 14.5. The van der Waals surface area contributed by atoms with Crippen molar-refractivity contribution in [3.63, 3.8) is 0 Å². The van der Waals surface area contributed by atoms with Crippen molar-refractivity contribution in [2.24, 2.45) is 0 Å². The number of likely N-dealkylation sites (N-methyl/N-ethyl adjacent to an activating group) is 1. The molecule has 0 aliphatic carbocycles. The predicted octanol–water partition coefficient (Wildman–Crippen LogP) is 5.74. The lowest BCUT2D eigenvalue weighted by Crippen LogP contribution is -2.37. The Kier molecular flexibility index (Phi) is 7.38. The Bertz CT molecular complexity index is 1230. The number of ether oxygens (including phenoxy) is 1. The Labute approximate surface area is 196 Å². The monoisotopic (exact) mass is 475 g/mol. The molecule has 0 saturated heterocycles. The van der Waals surface area contributed by atoms with E-state index in [4.69, 9.17) is 21.3 Å². The maximum Gasteiger partial charge on any atom is 0.263 e. The molecule has 162 valence electrons. The fraction of sp³-hybridized carbons (Fsp3) is 0.217. The number of carbonyl (C=O) groups is 1. The standard InChI is InChI=1S/C23H22ClN3O2S.ClH/c1-26(2)10-11-27(23-25-19-9-8-17(24)14-21(19)30-23)22(28)18-12-15-6-4-5-7-16(15)13-20(18)29-3;/h4-9,12-14H,10-11H2,1-3H3;1H. The Morgan fingerprint density at radius 1 is 1.06 bits per heavy atom. The first kappa shape index (κ1) is 23.3. The summed E-state index contributed by atoms with van der Waals surface area (Å²) in [6.07, 6.45) is 0. The first-order valence-corrected chi connectivity index (χ1v) is 10.7. The molecule has 1 aromatic heterocycles. The van der Waals surface area contributed by atoms with Gasteiger partial charge >= 0.3 is 0 Å². The normalized spacial score (nSPS) is 11.0. The number of benzene rings is 3. The van der Waals surface area contributed by atoms with Gasteiger partial charge in [-0.3, -0.25) is 9.69 Å². The van der Waals surface area contributed by atoms with Crippen molar-refractivity contribution in [2.75, 3.05) is 39.2 Å². The largest absolute Gasteiger partial charge is 0.496 e. The van der Waals surface area contributed by atoms with Gasteiger partial charge in [-0.05, 0) is 55.2 Å². The van der Waals surface area contributed by atoms with Gasteiger partial charge in [-0.25, -0.2) is 4.98 Å². The molecule has 8 heteroatoms. The number of aromatic nitrogens is 1. The molecule has 0 fully saturated rings. The molecular weight excluding hydrogens is 453 g/mol. The highest BCUT2D eigenvalue weighted by Crippen LogP contribution is 2.33. The number of thiazole rings is 1. The van der Waals surface area contributed by atoms with E-state index >= 15 is 0 Å². The quantitative estimate of drug-likeness (QED) is 0.356. The lowest BCUT2D eigenvalue weighted by molar-refractivity contribution is 0.0982. The first-order valence-electron chi connectivity index (χ1n) is 9.56. The van der Waals surface area contributed by atoms with E-state index < -0.39 is 0 Å². The van der Waals surface area contributed by atoms with Crippen molar-refractivity contribution in [2.45, 2.75) is 0 Å². The zero-order chi connectivity index (χ0) is 21.3. The molecule has 0 radical (unpaired) electrons. The van der Waals surface area contributed by atoms with Crippen LogP contribution in [0.3, 0.4) is 0 Å². The molecule has 31 heavy (non-hydrogen) atoms. The molecule has 1 amide bonds. The SMILES string of the molecule is COc1cc2ccccc2cc1C(=O)N(CCN(C)C)c1nc2ccc(Cl)cc2s1.Cl. The molecule has 0 unspecified atom stereocenters. The van der Waals surface area contributed by atoms with Gasteiger partial charge in [0.15, 0.2) is 5.13 Å². The summed E-state index contributed by atoms with van der Waals surface area (Å²) < 4.78 is 6.52. The van der Waals surface area contributed by atoms with Crippen molar-refractivity contribution >= 4 is 67.4 Å². The number of hydrogen-bond donors (Lipinski definition) is 0. The second-order valence-corrected chi connectivity index (χ2v) is 8.71. The minimum absolute atomic E-state index is 0. The van der Waals surface area contributed by atoms with Crippen LogP contribution in [0.1, 0.15) is 10.4 Å². The van der Waals surface area contributed by atoms with Crippen molar-refractivity contribution in [3.05, 3.63) is 65.2 Å². The molecule has 1 heterocycles. The van der Waals surface area contributed by atoms with Crippen LogP contribution in [0.2, 0.25) is 5.02 Å². The smallest absolute Gasteiger partial charge is 0.263 e. The van der Waals surface area contributed by atoms with Gasteiger partial charge in [-0.15, -0.1) is 12.4 Å². The summed E-state index contributed by atoms with van der Waals surface area (Å²) in [5.41, 5.74) is 1.35. The third-order valence-corrected chi connectivity index (χ3v) is 6.16. The minimum atomic E-state index is -0.135. The van der Waals surface area contributed by atoms with Crippen LogP contribution in [0.15, 0.2) is 54.6 Å². The van der Waals surface area contributed by atoms with Gasteiger partial charge in [-0.2, -0.15) is 0 Å². The molecule has 5 nitrogen and oxygen atoms in total. The van der Waals surface area contributed by atoms with Crippen LogP contribution in [-0.2, 0) is 0 Å². The third-order valence-electron chi connectivity index (χ3n) is 4.88. The van der Waals surface area contributed by atoms with Crippen molar-refractivity contribution in [1.82, 2.24) is 9.88 Å². The number of methoxy groups -OCH3 is 1. The average Bonchev–Trinajstić information content (AvgIpc) is 3.15. The molecule has 0 bridgehead atoms. The van der Waals surface area contributed by atoms with Gasteiger partial charge in [0.25, 0.3) is 5.91 Å². The molecule has 0 aliphatic heterocycles. The molecule has 0 N–H and O–H groups in total. The lowest BCUT2D eigenvalue weighted by Gasteiger charge is -2.23. The van der Waals surface area contributed by atoms with E-state index in [9.17, 15) is 4.79 Å². The van der Waals surface area contributed by atoms with E-state index in [1.165, 1.54) is 11.3 Å². The predicted molar refractivity (Wildman–Crippen MR) is 133 cm³/mol. The van der Waals surface area contributed by atoms with Gasteiger partial charge in [0.2, 0.25) is 0 Å². The van der Waals surface area contributed by atoms with E-state index in [0.717, 1.165) is 21.0 Å². The van der Waals surface area contributed by atoms with Crippen LogP contribution in [0.4, 0.5) is 5.13 Å². The van der Waals surface area contributed by atoms with E-state index in [2.05, 4.69) is 0 Å². The number of rotatable bonds is 6. The summed E-state index contributed by atoms with van der Waals surface area (Å²) in [6.45, 7) is 1.22. The molecule has 4 aromatic rings. The number of amides is 1. The summed E-state index contributed by atoms with van der Waals surface area (Å²) in [7, 11) is 5.56. The van der Waals surface area contributed by atoms with Crippen LogP contribution >= 0.6 is 35.3 Å². The van der Waals surface area contributed by atoms with Crippen molar-refractivity contribution < 1.29 is 9.53 Å². The second-order valence-electron chi connectivity index (χ2n) is 7.27. The molecule has 0 spiro atoms. The van der Waals surface area contributed by atoms with Crippen LogP contribution in [0.25, 0.3) is 21.0 Å². The van der Waals surface area contributed by atoms with Crippen molar-refractivity contribution in [3.8, 4) is 5.75 Å². The van der Waals surface area contributed by atoms with Gasteiger partial charge in [-0.1, -0.05) is 47.2 Å². The van der Waals surface area contributed by atoms with Crippen LogP contribution in [-0.4, -0.2) is 50.1 Å². The summed E-state index contributed by atoms with van der Waals surface area (Å²) >= 11 is 7.60. The van der Waals surface area contributed by atoms with Crippen LogP contribution < -0.4 is 9.64 Å². The molecule has 4 rings (SSSR count). The lowest BCUT2D eigenvalue weighted by atomic mass is 10.0. The van der Waals surface area contributed by atoms with Crippen molar-refractivity contribution in [1.29, 1.82) is 0 Å². The number of carbonyl (C=O) groups excluding carboxylic acids is 1. The highest BCUT2D eigenvalue weighted by molar-refractivity contribution is 7.22. The highest BCUT2D eigenvalue weighted by Gasteiger charge is 2.24. The number of fused-ring (bicyclic) bond motifs is 2. The summed E-state index contributed by atoms with van der Waals surface area (Å²) in [5.74, 6) is 0.419. The fourth-order valence-electron chi connectivity index (χ4n) is 3.29. The van der Waals surface area contributed by atoms with E-state index in [0.29, 0.717) is 34.6 Å². The Morgan fingerprint density at radius 2 is 1.77 bits per heavy atom. The topological polar surface area (TPSA) is 45.7 Å². The Balaban J connectivity index is 0.00000272. The summed E-state index contributed by atoms with van der Waals surface area (Å²) in [6, 6.07) is 17.3. The van der Waals surface area contributed by atoms with Gasteiger partial charge in [0, 0.05) is 18.1 Å². The van der Waals surface area contributed by atoms with Gasteiger partial charge in [0.05, 0.1) is 22.9 Å². The minimum Gasteiger partial charge on any atom is -0.496 e. The molecule has 0 atom stereocenters. The zero-order valence-corrected chi connectivity index (χ0v) is 19.9. The second kappa shape index (κ2) is 9.83. The average molecular weight is 476 g/mol. The maximum absolute atomic E-state index is 13.7. The number of nitrogens with zero attached hydrogens (tertiary/aromatic N) is 3. The molecule has 3 aromatic carbocycles. The molecular formula is C23H23Cl2N3O2S. The Hall–Kier alpha value is -2.38. The molecule has 0 saturated carbocycles. The van der Waals surface area contributed by atoms with Crippen LogP contribution in [0, 0.1) is 0 Å². The van der Waals surface area contributed by atoms with E-state index in [1.54, 1.807) is 12.0 Å². The number of anilines is 1. The third kappa shape index (κ3) is 4.93. The van der Waals surface area contributed by atoms with Crippen LogP contribution in [0.5, 0.6) is 5.75 Å². The van der Waals surface area contributed by atoms with Gasteiger partial charge < -0.3 is 9.64 Å². The highest BCUT2D eigenvalue weighted by atomic mass is 35.5. The fourth-order valence-corrected chi connectivity index (χ4v) is 4.55. The summed E-state index contributed by atoms with van der Waals surface area (Å²) in [4.78, 5) is 22.2. The number of halogens is 2. The Morgan fingerprint density at radius 3 is 2.45 bits per heavy atom. The maximum atomic E-state index is 13.7. The molecule has 0 aliphatic rings.